The van der Waals surface area contributed by atoms with Gasteiger partial charge in [0.05, 0.1) is 17.0 Å². The fourth-order valence-electron chi connectivity index (χ4n) is 2.01. The molecule has 1 N–H and O–H groups in total. The third-order valence-corrected chi connectivity index (χ3v) is 6.17. The van der Waals surface area contributed by atoms with Crippen molar-refractivity contribution in [2.24, 2.45) is 0 Å². The summed E-state index contributed by atoms with van der Waals surface area (Å²) in [5, 5.41) is 17.5. The van der Waals surface area contributed by atoms with E-state index in [1.807, 2.05) is 22.9 Å². The lowest BCUT2D eigenvalue weighted by Gasteiger charge is -1.98. The van der Waals surface area contributed by atoms with Crippen molar-refractivity contribution in [3.8, 4) is 9.88 Å². The Morgan fingerprint density at radius 2 is 2.23 bits per heavy atom. The average Bonchev–Trinajstić information content (AvgIpc) is 2.95. The Kier molecular flexibility index (Phi) is 3.73. The Bertz CT molecular complexity index is 789. The van der Waals surface area contributed by atoms with E-state index in [9.17, 15) is 4.79 Å². The van der Waals surface area contributed by atoms with E-state index >= 15 is 0 Å². The van der Waals surface area contributed by atoms with Crippen molar-refractivity contribution in [2.45, 2.75) is 25.2 Å². The van der Waals surface area contributed by atoms with Crippen LogP contribution in [-0.4, -0.2) is 21.1 Å². The molecule has 0 saturated heterocycles. The molecule has 0 aliphatic heterocycles. The summed E-state index contributed by atoms with van der Waals surface area (Å²) in [7, 11) is 0. The predicted octanol–water partition coefficient (Wildman–Crippen LogP) is 3.78. The van der Waals surface area contributed by atoms with Gasteiger partial charge >= 0.3 is 0 Å². The smallest absolute Gasteiger partial charge is 0.232 e. The fourth-order valence-corrected chi connectivity index (χ4v) is 4.57. The second-order valence-electron chi connectivity index (χ2n) is 5.07. The number of carbonyl (C=O) groups is 1. The van der Waals surface area contributed by atoms with Crippen LogP contribution in [0.5, 0.6) is 0 Å². The summed E-state index contributed by atoms with van der Waals surface area (Å²) in [6, 6.07) is 4.04. The Morgan fingerprint density at radius 3 is 3.00 bits per heavy atom. The van der Waals surface area contributed by atoms with Gasteiger partial charge in [-0.25, -0.2) is 4.98 Å². The van der Waals surface area contributed by atoms with Gasteiger partial charge in [0.25, 0.3) is 0 Å². The second-order valence-corrected chi connectivity index (χ2v) is 7.88. The van der Waals surface area contributed by atoms with E-state index in [1.165, 1.54) is 24.2 Å². The Hall–Kier alpha value is -1.64. The number of anilines is 1. The lowest BCUT2D eigenvalue weighted by Crippen LogP contribution is -2.14. The molecule has 3 aromatic heterocycles. The minimum absolute atomic E-state index is 0.0958. The first kappa shape index (κ1) is 14.0. The molecular weight excluding hydrogens is 336 g/mol. The van der Waals surface area contributed by atoms with E-state index in [-0.39, 0.29) is 12.3 Å². The summed E-state index contributed by atoms with van der Waals surface area (Å²) in [6.07, 6.45) is 2.64. The molecule has 1 aliphatic carbocycles. The summed E-state index contributed by atoms with van der Waals surface area (Å²) in [5.74, 6) is 0.469. The van der Waals surface area contributed by atoms with Crippen molar-refractivity contribution >= 4 is 45.0 Å². The van der Waals surface area contributed by atoms with Gasteiger partial charge < -0.3 is 5.32 Å². The second kappa shape index (κ2) is 5.86. The van der Waals surface area contributed by atoms with Gasteiger partial charge in [-0.15, -0.1) is 32.9 Å². The number of nitrogens with one attached hydrogen (secondary N) is 1. The highest BCUT2D eigenvalue weighted by Gasteiger charge is 2.27. The van der Waals surface area contributed by atoms with Crippen molar-refractivity contribution in [3.63, 3.8) is 0 Å². The molecule has 1 fully saturated rings. The molecule has 3 aromatic rings. The minimum atomic E-state index is -0.0958. The van der Waals surface area contributed by atoms with Crippen LogP contribution in [0, 0.1) is 0 Å². The van der Waals surface area contributed by atoms with Crippen LogP contribution in [0.1, 0.15) is 29.5 Å². The summed E-state index contributed by atoms with van der Waals surface area (Å²) >= 11 is 4.69. The van der Waals surface area contributed by atoms with Gasteiger partial charge in [-0.3, -0.25) is 4.79 Å². The zero-order valence-electron chi connectivity index (χ0n) is 11.5. The molecule has 0 atom stereocenters. The standard InChI is InChI=1S/C14H12N4OS3/c19-11(16-14-18-17-12(22-14)8-3-4-8)6-9-7-21-13(15-9)10-2-1-5-20-10/h1-2,5,7-8H,3-4,6H2,(H,16,18,19). The predicted molar refractivity (Wildman–Crippen MR) is 89.6 cm³/mol. The zero-order valence-corrected chi connectivity index (χ0v) is 13.9. The molecule has 22 heavy (non-hydrogen) atoms. The van der Waals surface area contributed by atoms with E-state index in [0.29, 0.717) is 11.0 Å². The maximum absolute atomic E-state index is 12.1. The van der Waals surface area contributed by atoms with Gasteiger partial charge in [-0.2, -0.15) is 0 Å². The van der Waals surface area contributed by atoms with Gasteiger partial charge in [-0.05, 0) is 24.3 Å². The molecule has 4 rings (SSSR count). The largest absolute Gasteiger partial charge is 0.300 e. The fraction of sp³-hybridized carbons (Fsp3) is 0.286. The third-order valence-electron chi connectivity index (χ3n) is 3.24. The van der Waals surface area contributed by atoms with Crippen molar-refractivity contribution in [2.75, 3.05) is 5.32 Å². The molecular formula is C14H12N4OS3. The van der Waals surface area contributed by atoms with E-state index in [0.717, 1.165) is 20.6 Å². The molecule has 1 aliphatic rings. The van der Waals surface area contributed by atoms with Gasteiger partial charge in [0.15, 0.2) is 0 Å². The lowest BCUT2D eigenvalue weighted by molar-refractivity contribution is -0.115. The Balaban J connectivity index is 1.39. The topological polar surface area (TPSA) is 67.8 Å². The highest BCUT2D eigenvalue weighted by atomic mass is 32.1. The maximum atomic E-state index is 12.1. The minimum Gasteiger partial charge on any atom is -0.300 e. The lowest BCUT2D eigenvalue weighted by atomic mass is 10.3. The number of hydrogen-bond donors (Lipinski definition) is 1. The summed E-state index contributed by atoms with van der Waals surface area (Å²) in [5.41, 5.74) is 0.790. The van der Waals surface area contributed by atoms with E-state index in [2.05, 4.69) is 20.5 Å². The van der Waals surface area contributed by atoms with Crippen molar-refractivity contribution in [3.05, 3.63) is 33.6 Å². The molecule has 1 amide bonds. The number of thiophene rings is 1. The van der Waals surface area contributed by atoms with Crippen LogP contribution in [0.15, 0.2) is 22.9 Å². The molecule has 112 valence electrons. The molecule has 8 heteroatoms. The summed E-state index contributed by atoms with van der Waals surface area (Å²) in [6.45, 7) is 0. The van der Waals surface area contributed by atoms with Gasteiger partial charge in [0.2, 0.25) is 11.0 Å². The molecule has 0 aromatic carbocycles. The maximum Gasteiger partial charge on any atom is 0.232 e. The van der Waals surface area contributed by atoms with Gasteiger partial charge in [-0.1, -0.05) is 17.4 Å². The first-order valence-electron chi connectivity index (χ1n) is 6.89. The highest BCUT2D eigenvalue weighted by Crippen LogP contribution is 2.42. The molecule has 5 nitrogen and oxygen atoms in total. The molecule has 3 heterocycles. The van der Waals surface area contributed by atoms with Crippen molar-refractivity contribution in [1.29, 1.82) is 0 Å². The Morgan fingerprint density at radius 1 is 1.32 bits per heavy atom. The van der Waals surface area contributed by atoms with Crippen LogP contribution >= 0.6 is 34.0 Å². The molecule has 0 bridgehead atoms. The monoisotopic (exact) mass is 348 g/mol. The molecule has 1 saturated carbocycles. The van der Waals surface area contributed by atoms with E-state index < -0.39 is 0 Å². The van der Waals surface area contributed by atoms with Crippen LogP contribution in [0.25, 0.3) is 9.88 Å². The first-order valence-corrected chi connectivity index (χ1v) is 9.47. The van der Waals surface area contributed by atoms with Crippen LogP contribution < -0.4 is 5.32 Å². The number of amides is 1. The van der Waals surface area contributed by atoms with Crippen LogP contribution in [0.4, 0.5) is 5.13 Å². The molecule has 0 spiro atoms. The molecule has 0 unspecified atom stereocenters. The van der Waals surface area contributed by atoms with Gasteiger partial charge in [0.1, 0.15) is 10.0 Å². The normalized spacial score (nSPS) is 14.2. The van der Waals surface area contributed by atoms with Crippen LogP contribution in [0.2, 0.25) is 0 Å². The highest BCUT2D eigenvalue weighted by molar-refractivity contribution is 7.20. The third kappa shape index (κ3) is 3.08. The summed E-state index contributed by atoms with van der Waals surface area (Å²) in [4.78, 5) is 17.7. The van der Waals surface area contributed by atoms with E-state index in [1.54, 1.807) is 22.7 Å². The van der Waals surface area contributed by atoms with Crippen LogP contribution in [0.3, 0.4) is 0 Å². The Labute approximate surface area is 139 Å². The number of rotatable bonds is 5. The SMILES string of the molecule is O=C(Cc1csc(-c2cccs2)n1)Nc1nnc(C2CC2)s1. The van der Waals surface area contributed by atoms with Crippen LogP contribution in [-0.2, 0) is 11.2 Å². The number of aromatic nitrogens is 3. The number of hydrogen-bond acceptors (Lipinski definition) is 7. The molecule has 0 radical (unpaired) electrons. The zero-order chi connectivity index (χ0) is 14.9. The van der Waals surface area contributed by atoms with Gasteiger partial charge in [0, 0.05) is 11.3 Å². The van der Waals surface area contributed by atoms with Crippen molar-refractivity contribution < 1.29 is 4.79 Å². The van der Waals surface area contributed by atoms with E-state index in [4.69, 9.17) is 0 Å². The number of carbonyl (C=O) groups excluding carboxylic acids is 1. The average molecular weight is 348 g/mol. The first-order chi connectivity index (χ1) is 10.8. The number of nitrogens with zero attached hydrogens (tertiary/aromatic N) is 3. The number of thiazole rings is 1. The summed E-state index contributed by atoms with van der Waals surface area (Å²) < 4.78 is 0. The quantitative estimate of drug-likeness (QED) is 0.762. The van der Waals surface area contributed by atoms with Crippen molar-refractivity contribution in [1.82, 2.24) is 15.2 Å².